The number of Topliss-reactive ketones (excluding diaryl/α,β-unsaturated/α-hetero) is 1. The molecule has 0 amide bonds. The number of esters is 1. The fraction of sp³-hybridized carbons (Fsp3) is 0.467. The minimum Gasteiger partial charge on any atom is -0.457 e. The molecule has 110 valence electrons. The number of alkyl halides is 1. The van der Waals surface area contributed by atoms with Crippen LogP contribution in [0.3, 0.4) is 0 Å². The van der Waals surface area contributed by atoms with Crippen LogP contribution in [0.5, 0.6) is 0 Å². The van der Waals surface area contributed by atoms with E-state index in [9.17, 15) is 14.0 Å². The lowest BCUT2D eigenvalue weighted by Crippen LogP contribution is -2.40. The maximum absolute atomic E-state index is 14.7. The summed E-state index contributed by atoms with van der Waals surface area (Å²) in [4.78, 5) is 23.1. The third-order valence-electron chi connectivity index (χ3n) is 2.73. The fourth-order valence-corrected chi connectivity index (χ4v) is 2.12. The van der Waals surface area contributed by atoms with Gasteiger partial charge in [-0.25, -0.2) is 9.18 Å². The van der Waals surface area contributed by atoms with Crippen molar-refractivity contribution in [2.24, 2.45) is 5.92 Å². The Balaban J connectivity index is 2.91. The molecular formula is C15H18ClFO3. The second-order valence-corrected chi connectivity index (χ2v) is 5.99. The van der Waals surface area contributed by atoms with Gasteiger partial charge in [-0.15, -0.1) is 0 Å². The molecule has 1 rings (SSSR count). The lowest BCUT2D eigenvalue weighted by atomic mass is 9.82. The Bertz CT molecular complexity index is 500. The summed E-state index contributed by atoms with van der Waals surface area (Å²) in [5, 5.41) is -0.189. The minimum absolute atomic E-state index is 0.189. The zero-order valence-electron chi connectivity index (χ0n) is 11.9. The Morgan fingerprint density at radius 3 is 2.55 bits per heavy atom. The van der Waals surface area contributed by atoms with Crippen molar-refractivity contribution in [3.05, 3.63) is 35.4 Å². The highest BCUT2D eigenvalue weighted by Crippen LogP contribution is 2.38. The molecule has 0 aromatic heterocycles. The second-order valence-electron chi connectivity index (χ2n) is 5.59. The molecule has 0 aromatic carbocycles. The van der Waals surface area contributed by atoms with Gasteiger partial charge in [0.05, 0.1) is 5.03 Å². The molecule has 3 nitrogen and oxygen atoms in total. The minimum atomic E-state index is -2.32. The van der Waals surface area contributed by atoms with Crippen LogP contribution < -0.4 is 0 Å². The number of rotatable bonds is 3. The van der Waals surface area contributed by atoms with E-state index in [1.165, 1.54) is 18.2 Å². The van der Waals surface area contributed by atoms with Crippen LogP contribution in [0.4, 0.5) is 4.39 Å². The standard InChI is InChI=1S/C15H18ClFO3/c1-10(18)15(17)11(6-5-7-12(15)16)8-9-13(19)20-14(2,3)4/h5-9,11H,1-4H3/b9-8+. The van der Waals surface area contributed by atoms with Gasteiger partial charge < -0.3 is 4.74 Å². The van der Waals surface area contributed by atoms with Gasteiger partial charge >= 0.3 is 5.97 Å². The highest BCUT2D eigenvalue weighted by molar-refractivity contribution is 6.33. The number of ketones is 1. The van der Waals surface area contributed by atoms with E-state index in [2.05, 4.69) is 0 Å². The van der Waals surface area contributed by atoms with Crippen molar-refractivity contribution in [3.63, 3.8) is 0 Å². The van der Waals surface area contributed by atoms with Crippen molar-refractivity contribution in [2.45, 2.75) is 39.0 Å². The molecule has 0 bridgehead atoms. The highest BCUT2D eigenvalue weighted by Gasteiger charge is 2.45. The number of halogens is 2. The van der Waals surface area contributed by atoms with Gasteiger partial charge in [0.15, 0.2) is 5.78 Å². The topological polar surface area (TPSA) is 43.4 Å². The molecule has 0 aromatic rings. The summed E-state index contributed by atoms with van der Waals surface area (Å²) in [6.45, 7) is 6.32. The average molecular weight is 301 g/mol. The van der Waals surface area contributed by atoms with Gasteiger partial charge in [0, 0.05) is 12.0 Å². The van der Waals surface area contributed by atoms with Crippen molar-refractivity contribution < 1.29 is 18.7 Å². The molecule has 0 fully saturated rings. The number of ether oxygens (including phenoxy) is 1. The molecule has 0 aliphatic heterocycles. The molecule has 2 unspecified atom stereocenters. The number of allylic oxidation sites excluding steroid dienone is 5. The van der Waals surface area contributed by atoms with E-state index in [1.807, 2.05) is 0 Å². The zero-order chi connectivity index (χ0) is 15.6. The number of carbonyl (C=O) groups excluding carboxylic acids is 2. The van der Waals surface area contributed by atoms with E-state index < -0.39 is 28.9 Å². The monoisotopic (exact) mass is 300 g/mol. The molecule has 0 heterocycles. The third-order valence-corrected chi connectivity index (χ3v) is 3.13. The van der Waals surface area contributed by atoms with Crippen LogP contribution in [-0.2, 0) is 14.3 Å². The van der Waals surface area contributed by atoms with Gasteiger partial charge in [-0.2, -0.15) is 0 Å². The molecule has 0 radical (unpaired) electrons. The molecule has 5 heteroatoms. The summed E-state index contributed by atoms with van der Waals surface area (Å²) in [5.41, 5.74) is -2.95. The van der Waals surface area contributed by atoms with Crippen LogP contribution in [0.15, 0.2) is 35.4 Å². The Hall–Kier alpha value is -1.42. The molecule has 20 heavy (non-hydrogen) atoms. The van der Waals surface area contributed by atoms with Gasteiger partial charge in [0.2, 0.25) is 5.67 Å². The molecule has 0 saturated carbocycles. The van der Waals surface area contributed by atoms with Crippen molar-refractivity contribution >= 4 is 23.4 Å². The molecule has 0 spiro atoms. The smallest absolute Gasteiger partial charge is 0.330 e. The van der Waals surface area contributed by atoms with E-state index in [4.69, 9.17) is 16.3 Å². The summed E-state index contributed by atoms with van der Waals surface area (Å²) in [5.74, 6) is -2.23. The van der Waals surface area contributed by atoms with Gasteiger partial charge in [-0.3, -0.25) is 4.79 Å². The SMILES string of the molecule is CC(=O)C1(F)C(Cl)=CC=CC1/C=C/C(=O)OC(C)(C)C. The van der Waals surface area contributed by atoms with Crippen LogP contribution >= 0.6 is 11.6 Å². The molecule has 1 aliphatic rings. The van der Waals surface area contributed by atoms with E-state index in [0.717, 1.165) is 13.0 Å². The van der Waals surface area contributed by atoms with Crippen molar-refractivity contribution in [1.29, 1.82) is 0 Å². The van der Waals surface area contributed by atoms with E-state index in [0.29, 0.717) is 0 Å². The van der Waals surface area contributed by atoms with Crippen LogP contribution in [0.2, 0.25) is 0 Å². The summed E-state index contributed by atoms with van der Waals surface area (Å²) >= 11 is 5.80. The van der Waals surface area contributed by atoms with Crippen LogP contribution in [0.25, 0.3) is 0 Å². The average Bonchev–Trinajstić information content (AvgIpc) is 2.28. The van der Waals surface area contributed by atoms with Crippen molar-refractivity contribution in [2.75, 3.05) is 0 Å². The van der Waals surface area contributed by atoms with Gasteiger partial charge in [0.1, 0.15) is 5.60 Å². The first-order valence-electron chi connectivity index (χ1n) is 6.23. The molecule has 1 aliphatic carbocycles. The second kappa shape index (κ2) is 5.92. The Kier molecular flexibility index (Phi) is 4.92. The highest BCUT2D eigenvalue weighted by atomic mass is 35.5. The first kappa shape index (κ1) is 16.6. The lowest BCUT2D eigenvalue weighted by molar-refractivity contribution is -0.148. The van der Waals surface area contributed by atoms with Crippen molar-refractivity contribution in [3.8, 4) is 0 Å². The summed E-state index contributed by atoms with van der Waals surface area (Å²) in [7, 11) is 0. The Morgan fingerprint density at radius 2 is 2.05 bits per heavy atom. The predicted molar refractivity (Wildman–Crippen MR) is 76.1 cm³/mol. The van der Waals surface area contributed by atoms with Gasteiger partial charge in [-0.05, 0) is 33.8 Å². The zero-order valence-corrected chi connectivity index (χ0v) is 12.7. The summed E-state index contributed by atoms with van der Waals surface area (Å²) < 4.78 is 19.8. The lowest BCUT2D eigenvalue weighted by Gasteiger charge is -2.29. The number of carbonyl (C=O) groups is 2. The van der Waals surface area contributed by atoms with Crippen molar-refractivity contribution in [1.82, 2.24) is 0 Å². The third kappa shape index (κ3) is 3.79. The summed E-state index contributed by atoms with van der Waals surface area (Å²) in [6.07, 6.45) is 6.77. The largest absolute Gasteiger partial charge is 0.457 e. The van der Waals surface area contributed by atoms with Crippen LogP contribution in [-0.4, -0.2) is 23.0 Å². The fourth-order valence-electron chi connectivity index (χ4n) is 1.79. The molecule has 0 saturated heterocycles. The van der Waals surface area contributed by atoms with Crippen LogP contribution in [0, 0.1) is 5.92 Å². The van der Waals surface area contributed by atoms with Gasteiger partial charge in [0.25, 0.3) is 0 Å². The first-order chi connectivity index (χ1) is 9.07. The van der Waals surface area contributed by atoms with Gasteiger partial charge in [-0.1, -0.05) is 29.8 Å². The van der Waals surface area contributed by atoms with E-state index >= 15 is 0 Å². The maximum Gasteiger partial charge on any atom is 0.330 e. The summed E-state index contributed by atoms with van der Waals surface area (Å²) in [6, 6.07) is 0. The normalized spacial score (nSPS) is 26.5. The maximum atomic E-state index is 14.7. The molecule has 2 atom stereocenters. The predicted octanol–water partition coefficient (Wildman–Crippen LogP) is 3.49. The molecule has 0 N–H and O–H groups in total. The first-order valence-corrected chi connectivity index (χ1v) is 6.61. The quantitative estimate of drug-likeness (QED) is 0.592. The number of hydrogen-bond acceptors (Lipinski definition) is 3. The van der Waals surface area contributed by atoms with Crippen LogP contribution in [0.1, 0.15) is 27.7 Å². The number of hydrogen-bond donors (Lipinski definition) is 0. The Morgan fingerprint density at radius 1 is 1.45 bits per heavy atom. The van der Waals surface area contributed by atoms with E-state index in [1.54, 1.807) is 26.8 Å². The Labute approximate surface area is 123 Å². The molecular weight excluding hydrogens is 283 g/mol. The van der Waals surface area contributed by atoms with E-state index in [-0.39, 0.29) is 5.03 Å².